The van der Waals surface area contributed by atoms with Gasteiger partial charge in [0.25, 0.3) is 0 Å². The normalized spacial score (nSPS) is 11.9. The van der Waals surface area contributed by atoms with E-state index >= 15 is 0 Å². The van der Waals surface area contributed by atoms with Crippen LogP contribution in [-0.2, 0) is 11.5 Å². The Kier molecular flexibility index (Phi) is 7.50. The highest BCUT2D eigenvalue weighted by molar-refractivity contribution is 8.16. The lowest BCUT2D eigenvalue weighted by molar-refractivity contribution is 1.20. The lowest BCUT2D eigenvalue weighted by atomic mass is 10.2. The Morgan fingerprint density at radius 3 is 1.39 bits per heavy atom. The fourth-order valence-corrected chi connectivity index (χ4v) is 5.33. The first-order valence-corrected chi connectivity index (χ1v) is 10.5. The predicted octanol–water partition coefficient (Wildman–Crippen LogP) is 7.17. The minimum atomic E-state index is -1.29. The molecule has 2 aromatic rings. The number of benzene rings is 2. The summed E-state index contributed by atoms with van der Waals surface area (Å²) in [6.07, 6.45) is 0. The first-order chi connectivity index (χ1) is 10.8. The van der Waals surface area contributed by atoms with E-state index in [9.17, 15) is 0 Å². The third-order valence-corrected chi connectivity index (χ3v) is 7.87. The highest BCUT2D eigenvalue weighted by atomic mass is 35.6. The first kappa shape index (κ1) is 19.3. The molecule has 0 heterocycles. The molecule has 0 saturated heterocycles. The SMILES string of the molecule is Cc1ccc(CSC(SCc2ccc(C)cc2)C(Cl)(Cl)Cl)cc1. The Labute approximate surface area is 162 Å². The minimum absolute atomic E-state index is 0.116. The van der Waals surface area contributed by atoms with Crippen LogP contribution in [0.15, 0.2) is 48.5 Å². The van der Waals surface area contributed by atoms with Gasteiger partial charge in [-0.3, -0.25) is 0 Å². The van der Waals surface area contributed by atoms with Gasteiger partial charge in [0.2, 0.25) is 3.79 Å². The van der Waals surface area contributed by atoms with Gasteiger partial charge in [-0.1, -0.05) is 94.5 Å². The number of thioether (sulfide) groups is 2. The average Bonchev–Trinajstić information content (AvgIpc) is 2.49. The van der Waals surface area contributed by atoms with Gasteiger partial charge < -0.3 is 0 Å². The third-order valence-electron chi connectivity index (χ3n) is 3.31. The van der Waals surface area contributed by atoms with Crippen molar-refractivity contribution in [3.8, 4) is 0 Å². The van der Waals surface area contributed by atoms with Crippen molar-refractivity contribution in [1.29, 1.82) is 0 Å². The van der Waals surface area contributed by atoms with E-state index in [0.717, 1.165) is 11.5 Å². The Morgan fingerprint density at radius 1 is 0.739 bits per heavy atom. The molecule has 2 aromatic carbocycles. The van der Waals surface area contributed by atoms with Crippen molar-refractivity contribution in [3.63, 3.8) is 0 Å². The number of rotatable bonds is 6. The van der Waals surface area contributed by atoms with Crippen LogP contribution < -0.4 is 0 Å². The summed E-state index contributed by atoms with van der Waals surface area (Å²) in [7, 11) is 0. The second-order valence-electron chi connectivity index (χ2n) is 5.47. The van der Waals surface area contributed by atoms with Gasteiger partial charge >= 0.3 is 0 Å². The second kappa shape index (κ2) is 8.92. The van der Waals surface area contributed by atoms with E-state index in [0.29, 0.717) is 0 Å². The zero-order valence-corrected chi connectivity index (χ0v) is 17.0. The Bertz CT molecular complexity index is 554. The van der Waals surface area contributed by atoms with Crippen LogP contribution in [-0.4, -0.2) is 8.37 Å². The van der Waals surface area contributed by atoms with Crippen LogP contribution in [0.4, 0.5) is 0 Å². The number of halogens is 3. The average molecular weight is 406 g/mol. The van der Waals surface area contributed by atoms with Crippen molar-refractivity contribution >= 4 is 58.3 Å². The van der Waals surface area contributed by atoms with E-state index in [1.54, 1.807) is 23.5 Å². The van der Waals surface area contributed by atoms with E-state index in [1.165, 1.54) is 22.3 Å². The zero-order chi connectivity index (χ0) is 16.9. The molecule has 0 aromatic heterocycles. The number of hydrogen-bond acceptors (Lipinski definition) is 2. The molecule has 0 bridgehead atoms. The van der Waals surface area contributed by atoms with Gasteiger partial charge in [0.05, 0.1) is 4.58 Å². The molecule has 0 aliphatic heterocycles. The fourth-order valence-electron chi connectivity index (χ4n) is 1.95. The smallest absolute Gasteiger partial charge is 0.138 e. The van der Waals surface area contributed by atoms with Crippen molar-refractivity contribution < 1.29 is 0 Å². The maximum Gasteiger partial charge on any atom is 0.211 e. The van der Waals surface area contributed by atoms with E-state index in [-0.39, 0.29) is 4.58 Å². The molecule has 5 heteroatoms. The van der Waals surface area contributed by atoms with Crippen LogP contribution in [0.25, 0.3) is 0 Å². The molecule has 0 N–H and O–H groups in total. The minimum Gasteiger partial charge on any atom is -0.138 e. The van der Waals surface area contributed by atoms with Crippen LogP contribution >= 0.6 is 58.3 Å². The van der Waals surface area contributed by atoms with Crippen LogP contribution in [0.5, 0.6) is 0 Å². The van der Waals surface area contributed by atoms with E-state index in [1.807, 2.05) is 0 Å². The van der Waals surface area contributed by atoms with Crippen LogP contribution in [0.3, 0.4) is 0 Å². The molecule has 0 fully saturated rings. The fraction of sp³-hybridized carbons (Fsp3) is 0.333. The molecule has 0 radical (unpaired) electrons. The van der Waals surface area contributed by atoms with Crippen molar-refractivity contribution in [3.05, 3.63) is 70.8 Å². The standard InChI is InChI=1S/C18H19Cl3S2/c1-13-3-7-15(8-4-13)11-22-17(18(19,20)21)23-12-16-9-5-14(2)6-10-16/h3-10,17H,11-12H2,1-2H3. The molecule has 0 spiro atoms. The van der Waals surface area contributed by atoms with Crippen LogP contribution in [0.1, 0.15) is 22.3 Å². The van der Waals surface area contributed by atoms with Gasteiger partial charge in [-0.05, 0) is 25.0 Å². The van der Waals surface area contributed by atoms with Crippen molar-refractivity contribution in [1.82, 2.24) is 0 Å². The molecule has 23 heavy (non-hydrogen) atoms. The van der Waals surface area contributed by atoms with Crippen LogP contribution in [0, 0.1) is 13.8 Å². The molecular weight excluding hydrogens is 387 g/mol. The molecule has 0 aliphatic carbocycles. The monoisotopic (exact) mass is 404 g/mol. The molecule has 0 unspecified atom stereocenters. The number of alkyl halides is 3. The van der Waals surface area contributed by atoms with Gasteiger partial charge in [0.15, 0.2) is 0 Å². The quantitative estimate of drug-likeness (QED) is 0.369. The number of aryl methyl sites for hydroxylation is 2. The van der Waals surface area contributed by atoms with E-state index in [2.05, 4.69) is 62.4 Å². The highest BCUT2D eigenvalue weighted by Gasteiger charge is 2.33. The van der Waals surface area contributed by atoms with Crippen molar-refractivity contribution in [2.45, 2.75) is 33.7 Å². The summed E-state index contributed by atoms with van der Waals surface area (Å²) >= 11 is 21.9. The molecule has 0 aliphatic rings. The zero-order valence-electron chi connectivity index (χ0n) is 13.1. The molecular formula is C18H19Cl3S2. The largest absolute Gasteiger partial charge is 0.211 e. The maximum atomic E-state index is 6.17. The van der Waals surface area contributed by atoms with Crippen LogP contribution in [0.2, 0.25) is 0 Å². The second-order valence-corrected chi connectivity index (χ2v) is 10.3. The Hall–Kier alpha value is 0.01000. The summed E-state index contributed by atoms with van der Waals surface area (Å²) in [5.74, 6) is 1.67. The summed E-state index contributed by atoms with van der Waals surface area (Å²) in [5.41, 5.74) is 5.00. The topological polar surface area (TPSA) is 0 Å². The van der Waals surface area contributed by atoms with Gasteiger partial charge in [-0.15, -0.1) is 23.5 Å². The van der Waals surface area contributed by atoms with Crippen molar-refractivity contribution in [2.75, 3.05) is 0 Å². The molecule has 0 saturated carbocycles. The van der Waals surface area contributed by atoms with Gasteiger partial charge in [-0.25, -0.2) is 0 Å². The summed E-state index contributed by atoms with van der Waals surface area (Å²) in [6.45, 7) is 4.16. The van der Waals surface area contributed by atoms with Gasteiger partial charge in [0, 0.05) is 11.5 Å². The molecule has 124 valence electrons. The molecule has 0 atom stereocenters. The van der Waals surface area contributed by atoms with Gasteiger partial charge in [0.1, 0.15) is 0 Å². The molecule has 0 nitrogen and oxygen atoms in total. The Morgan fingerprint density at radius 2 is 1.09 bits per heavy atom. The summed E-state index contributed by atoms with van der Waals surface area (Å²) in [5, 5.41) is 0. The predicted molar refractivity (Wildman–Crippen MR) is 109 cm³/mol. The summed E-state index contributed by atoms with van der Waals surface area (Å²) in [6, 6.07) is 17.0. The van der Waals surface area contributed by atoms with E-state index in [4.69, 9.17) is 34.8 Å². The highest BCUT2D eigenvalue weighted by Crippen LogP contribution is 2.45. The molecule has 2 rings (SSSR count). The Balaban J connectivity index is 1.94. The van der Waals surface area contributed by atoms with Gasteiger partial charge in [-0.2, -0.15) is 0 Å². The maximum absolute atomic E-state index is 6.17. The number of hydrogen-bond donors (Lipinski definition) is 0. The van der Waals surface area contributed by atoms with Crippen molar-refractivity contribution in [2.24, 2.45) is 0 Å². The summed E-state index contributed by atoms with van der Waals surface area (Å²) in [4.78, 5) is 0. The lowest BCUT2D eigenvalue weighted by Crippen LogP contribution is -2.19. The third kappa shape index (κ3) is 6.80. The molecule has 0 amide bonds. The van der Waals surface area contributed by atoms with E-state index < -0.39 is 3.79 Å². The first-order valence-electron chi connectivity index (χ1n) is 7.25. The summed E-state index contributed by atoms with van der Waals surface area (Å²) < 4.78 is -1.40. The lowest BCUT2D eigenvalue weighted by Gasteiger charge is -2.23.